The van der Waals surface area contributed by atoms with Gasteiger partial charge in [-0.1, -0.05) is 6.07 Å². The Morgan fingerprint density at radius 2 is 2.24 bits per heavy atom. The quantitative estimate of drug-likeness (QED) is 0.938. The molecule has 0 amide bonds. The first kappa shape index (κ1) is 13.8. The van der Waals surface area contributed by atoms with E-state index in [4.69, 9.17) is 10.5 Å². The lowest BCUT2D eigenvalue weighted by atomic mass is 10.2. The first-order chi connectivity index (χ1) is 10.2. The van der Waals surface area contributed by atoms with Gasteiger partial charge in [0.05, 0.1) is 0 Å². The van der Waals surface area contributed by atoms with Gasteiger partial charge in [0, 0.05) is 31.9 Å². The Morgan fingerprint density at radius 3 is 3.05 bits per heavy atom. The van der Waals surface area contributed by atoms with Gasteiger partial charge in [0.1, 0.15) is 23.5 Å². The van der Waals surface area contributed by atoms with E-state index >= 15 is 0 Å². The summed E-state index contributed by atoms with van der Waals surface area (Å²) in [6, 6.07) is 10.2. The molecular formula is C16H18FN3O. The van der Waals surface area contributed by atoms with Crippen molar-refractivity contribution >= 4 is 5.82 Å². The molecule has 3 rings (SSSR count). The van der Waals surface area contributed by atoms with Crippen LogP contribution >= 0.6 is 0 Å². The number of halogens is 1. The van der Waals surface area contributed by atoms with E-state index in [1.165, 1.54) is 12.1 Å². The lowest BCUT2D eigenvalue weighted by molar-refractivity contribution is 0.197. The standard InChI is InChI=1S/C16H18FN3O/c17-13-2-1-3-14(9-13)21-15-5-7-20(11-15)10-12-4-6-19-16(18)8-12/h1-4,6,8-9,15H,5,7,10-11H2,(H2,18,19)/t15-/m0/s1. The number of benzene rings is 1. The molecule has 1 aliphatic rings. The van der Waals surface area contributed by atoms with Crippen molar-refractivity contribution < 1.29 is 9.13 Å². The molecule has 4 nitrogen and oxygen atoms in total. The highest BCUT2D eigenvalue weighted by atomic mass is 19.1. The summed E-state index contributed by atoms with van der Waals surface area (Å²) >= 11 is 0. The molecule has 1 aliphatic heterocycles. The Bertz CT molecular complexity index is 566. The van der Waals surface area contributed by atoms with Gasteiger partial charge in [-0.3, -0.25) is 4.90 Å². The number of ether oxygens (including phenoxy) is 1. The van der Waals surface area contributed by atoms with E-state index in [0.29, 0.717) is 11.6 Å². The highest BCUT2D eigenvalue weighted by Crippen LogP contribution is 2.20. The average Bonchev–Trinajstić information content (AvgIpc) is 2.86. The largest absolute Gasteiger partial charge is 0.489 e. The zero-order chi connectivity index (χ0) is 14.7. The van der Waals surface area contributed by atoms with Crippen LogP contribution in [0.3, 0.4) is 0 Å². The molecule has 2 heterocycles. The van der Waals surface area contributed by atoms with Crippen molar-refractivity contribution in [3.8, 4) is 5.75 Å². The molecule has 2 N–H and O–H groups in total. The van der Waals surface area contributed by atoms with Crippen LogP contribution in [0, 0.1) is 5.82 Å². The summed E-state index contributed by atoms with van der Waals surface area (Å²) in [4.78, 5) is 6.30. The highest BCUT2D eigenvalue weighted by molar-refractivity contribution is 5.31. The molecule has 1 saturated heterocycles. The van der Waals surface area contributed by atoms with Crippen LogP contribution in [0.25, 0.3) is 0 Å². The molecule has 0 spiro atoms. The number of rotatable bonds is 4. The van der Waals surface area contributed by atoms with E-state index in [0.717, 1.165) is 31.6 Å². The molecule has 0 saturated carbocycles. The van der Waals surface area contributed by atoms with Crippen LogP contribution < -0.4 is 10.5 Å². The molecular weight excluding hydrogens is 269 g/mol. The predicted octanol–water partition coefficient (Wildman–Crippen LogP) is 2.46. The third-order valence-electron chi connectivity index (χ3n) is 3.58. The van der Waals surface area contributed by atoms with E-state index in [2.05, 4.69) is 9.88 Å². The summed E-state index contributed by atoms with van der Waals surface area (Å²) in [5.41, 5.74) is 6.83. The molecule has 2 aromatic rings. The van der Waals surface area contributed by atoms with Crippen molar-refractivity contribution in [2.75, 3.05) is 18.8 Å². The van der Waals surface area contributed by atoms with Crippen LogP contribution in [0.15, 0.2) is 42.6 Å². The third-order valence-corrected chi connectivity index (χ3v) is 3.58. The SMILES string of the molecule is Nc1cc(CN2CC[C@H](Oc3cccc(F)c3)C2)ccn1. The smallest absolute Gasteiger partial charge is 0.126 e. The molecule has 1 aromatic carbocycles. The van der Waals surface area contributed by atoms with Crippen molar-refractivity contribution in [2.45, 2.75) is 19.1 Å². The van der Waals surface area contributed by atoms with Crippen LogP contribution in [0.5, 0.6) is 5.75 Å². The number of hydrogen-bond donors (Lipinski definition) is 1. The maximum absolute atomic E-state index is 13.1. The second kappa shape index (κ2) is 6.10. The Kier molecular flexibility index (Phi) is 4.01. The van der Waals surface area contributed by atoms with Gasteiger partial charge in [-0.2, -0.15) is 0 Å². The van der Waals surface area contributed by atoms with Crippen molar-refractivity contribution in [3.05, 3.63) is 54.0 Å². The highest BCUT2D eigenvalue weighted by Gasteiger charge is 2.24. The maximum atomic E-state index is 13.1. The fourth-order valence-corrected chi connectivity index (χ4v) is 2.62. The van der Waals surface area contributed by atoms with Gasteiger partial charge in [0.15, 0.2) is 0 Å². The molecule has 5 heteroatoms. The summed E-state index contributed by atoms with van der Waals surface area (Å²) in [6.45, 7) is 2.62. The van der Waals surface area contributed by atoms with Gasteiger partial charge < -0.3 is 10.5 Å². The zero-order valence-electron chi connectivity index (χ0n) is 11.7. The van der Waals surface area contributed by atoms with E-state index in [-0.39, 0.29) is 11.9 Å². The van der Waals surface area contributed by atoms with Gasteiger partial charge in [-0.05, 0) is 36.2 Å². The molecule has 1 fully saturated rings. The molecule has 110 valence electrons. The first-order valence-corrected chi connectivity index (χ1v) is 7.04. The topological polar surface area (TPSA) is 51.4 Å². The summed E-state index contributed by atoms with van der Waals surface area (Å²) in [5, 5.41) is 0. The monoisotopic (exact) mass is 287 g/mol. The molecule has 0 unspecified atom stereocenters. The first-order valence-electron chi connectivity index (χ1n) is 7.04. The lowest BCUT2D eigenvalue weighted by Gasteiger charge is -2.17. The summed E-state index contributed by atoms with van der Waals surface area (Å²) in [6.07, 6.45) is 2.77. The van der Waals surface area contributed by atoms with Gasteiger partial charge in [0.25, 0.3) is 0 Å². The average molecular weight is 287 g/mol. The summed E-state index contributed by atoms with van der Waals surface area (Å²) in [5.74, 6) is 0.865. The van der Waals surface area contributed by atoms with Crippen LogP contribution in [0.4, 0.5) is 10.2 Å². The fourth-order valence-electron chi connectivity index (χ4n) is 2.62. The van der Waals surface area contributed by atoms with Gasteiger partial charge in [0.2, 0.25) is 0 Å². The Morgan fingerprint density at radius 1 is 1.33 bits per heavy atom. The van der Waals surface area contributed by atoms with Gasteiger partial charge in [-0.15, -0.1) is 0 Å². The van der Waals surface area contributed by atoms with E-state index in [1.807, 2.05) is 12.1 Å². The normalized spacial score (nSPS) is 18.8. The number of likely N-dealkylation sites (tertiary alicyclic amines) is 1. The molecule has 1 atom stereocenters. The summed E-state index contributed by atoms with van der Waals surface area (Å²) < 4.78 is 19.0. The minimum atomic E-state index is -0.269. The molecule has 0 bridgehead atoms. The zero-order valence-corrected chi connectivity index (χ0v) is 11.7. The second-order valence-corrected chi connectivity index (χ2v) is 5.31. The van der Waals surface area contributed by atoms with Crippen LogP contribution in [-0.4, -0.2) is 29.1 Å². The molecule has 0 aliphatic carbocycles. The van der Waals surface area contributed by atoms with Crippen LogP contribution in [-0.2, 0) is 6.54 Å². The van der Waals surface area contributed by atoms with Gasteiger partial charge >= 0.3 is 0 Å². The van der Waals surface area contributed by atoms with Crippen molar-refractivity contribution in [1.82, 2.24) is 9.88 Å². The fraction of sp³-hybridized carbons (Fsp3) is 0.312. The van der Waals surface area contributed by atoms with Crippen LogP contribution in [0.2, 0.25) is 0 Å². The molecule has 21 heavy (non-hydrogen) atoms. The maximum Gasteiger partial charge on any atom is 0.126 e. The predicted molar refractivity (Wildman–Crippen MR) is 79.4 cm³/mol. The van der Waals surface area contributed by atoms with Crippen LogP contribution in [0.1, 0.15) is 12.0 Å². The van der Waals surface area contributed by atoms with Crippen molar-refractivity contribution in [1.29, 1.82) is 0 Å². The number of anilines is 1. The van der Waals surface area contributed by atoms with Crippen molar-refractivity contribution in [3.63, 3.8) is 0 Å². The van der Waals surface area contributed by atoms with E-state index in [1.54, 1.807) is 18.3 Å². The van der Waals surface area contributed by atoms with Crippen molar-refractivity contribution in [2.24, 2.45) is 0 Å². The Hall–Kier alpha value is -2.14. The van der Waals surface area contributed by atoms with E-state index < -0.39 is 0 Å². The Labute approximate surface area is 123 Å². The number of pyridine rings is 1. The molecule has 1 aromatic heterocycles. The Balaban J connectivity index is 1.56. The minimum Gasteiger partial charge on any atom is -0.489 e. The third kappa shape index (κ3) is 3.70. The second-order valence-electron chi connectivity index (χ2n) is 5.31. The number of nitrogens with zero attached hydrogens (tertiary/aromatic N) is 2. The lowest BCUT2D eigenvalue weighted by Crippen LogP contribution is -2.24. The number of nitrogens with two attached hydrogens (primary N) is 1. The summed E-state index contributed by atoms with van der Waals surface area (Å²) in [7, 11) is 0. The van der Waals surface area contributed by atoms with E-state index in [9.17, 15) is 4.39 Å². The number of hydrogen-bond acceptors (Lipinski definition) is 4. The minimum absolute atomic E-state index is 0.103. The van der Waals surface area contributed by atoms with Gasteiger partial charge in [-0.25, -0.2) is 9.37 Å². The number of aromatic nitrogens is 1. The molecule has 0 radical (unpaired) electrons. The number of nitrogen functional groups attached to an aromatic ring is 1.